The molecule has 2 heterocycles. The van der Waals surface area contributed by atoms with Gasteiger partial charge in [-0.2, -0.15) is 0 Å². The maximum absolute atomic E-state index is 6.30. The van der Waals surface area contributed by atoms with Crippen molar-refractivity contribution in [2.24, 2.45) is 0 Å². The van der Waals surface area contributed by atoms with E-state index in [-0.39, 0.29) is 18.3 Å². The fraction of sp³-hybridized carbons (Fsp3) is 0.700. The van der Waals surface area contributed by atoms with Gasteiger partial charge in [0.05, 0.1) is 18.3 Å². The lowest BCUT2D eigenvalue weighted by atomic mass is 9.75. The Morgan fingerprint density at radius 2 is 1.81 bits per heavy atom. The number of nitrogens with zero attached hydrogens (tertiary/aromatic N) is 2. The Labute approximate surface area is 158 Å². The summed E-state index contributed by atoms with van der Waals surface area (Å²) in [5.74, 6) is 0.877. The van der Waals surface area contributed by atoms with Crippen LogP contribution in [-0.4, -0.2) is 68.0 Å². The molecule has 6 heteroatoms. The molecule has 3 rings (SSSR count). The van der Waals surface area contributed by atoms with Gasteiger partial charge in [-0.25, -0.2) is 0 Å². The minimum absolute atomic E-state index is 0.336. The van der Waals surface area contributed by atoms with Crippen LogP contribution in [0.1, 0.15) is 40.2 Å². The van der Waals surface area contributed by atoms with Crippen molar-refractivity contribution in [2.75, 3.05) is 33.8 Å². The van der Waals surface area contributed by atoms with Crippen molar-refractivity contribution in [1.29, 1.82) is 0 Å². The predicted molar refractivity (Wildman–Crippen MR) is 106 cm³/mol. The van der Waals surface area contributed by atoms with Gasteiger partial charge in [-0.1, -0.05) is 6.07 Å². The molecule has 0 radical (unpaired) electrons. The van der Waals surface area contributed by atoms with Gasteiger partial charge in [-0.3, -0.25) is 4.90 Å². The molecule has 144 valence electrons. The number of ether oxygens (including phenoxy) is 1. The lowest BCUT2D eigenvalue weighted by molar-refractivity contribution is 0.00578. The first-order valence-corrected chi connectivity index (χ1v) is 9.58. The Morgan fingerprint density at radius 1 is 1.15 bits per heavy atom. The number of hydrogen-bond acceptors (Lipinski definition) is 5. The van der Waals surface area contributed by atoms with Gasteiger partial charge in [-0.05, 0) is 64.8 Å². The van der Waals surface area contributed by atoms with Gasteiger partial charge in [0.15, 0.2) is 0 Å². The van der Waals surface area contributed by atoms with Crippen molar-refractivity contribution in [2.45, 2.75) is 58.4 Å². The van der Waals surface area contributed by atoms with E-state index >= 15 is 0 Å². The molecule has 5 nitrogen and oxygen atoms in total. The van der Waals surface area contributed by atoms with Gasteiger partial charge < -0.3 is 18.9 Å². The van der Waals surface area contributed by atoms with Crippen molar-refractivity contribution in [3.05, 3.63) is 23.8 Å². The summed E-state index contributed by atoms with van der Waals surface area (Å²) < 4.78 is 18.1. The van der Waals surface area contributed by atoms with Crippen molar-refractivity contribution in [3.8, 4) is 5.75 Å². The largest absolute Gasteiger partial charge is 0.497 e. The first-order chi connectivity index (χ1) is 12.1. The summed E-state index contributed by atoms with van der Waals surface area (Å²) >= 11 is 0. The number of hydrogen-bond donors (Lipinski definition) is 0. The SMILES string of the molecule is COc1ccc(B2OC(C)(C)C(C)(C)O2)c(CN2CCN(C)C(C)C2)c1. The summed E-state index contributed by atoms with van der Waals surface area (Å²) in [6, 6.07) is 6.78. The molecule has 0 spiro atoms. The number of methoxy groups -OCH3 is 1. The predicted octanol–water partition coefficient (Wildman–Crippen LogP) is 2.13. The van der Waals surface area contributed by atoms with Crippen LogP contribution in [0.15, 0.2) is 18.2 Å². The molecule has 1 unspecified atom stereocenters. The van der Waals surface area contributed by atoms with Crippen LogP contribution < -0.4 is 10.2 Å². The maximum Gasteiger partial charge on any atom is 0.495 e. The van der Waals surface area contributed by atoms with Gasteiger partial charge in [0.1, 0.15) is 5.75 Å². The highest BCUT2D eigenvalue weighted by atomic mass is 16.7. The van der Waals surface area contributed by atoms with Crippen molar-refractivity contribution in [1.82, 2.24) is 9.80 Å². The van der Waals surface area contributed by atoms with E-state index in [0.717, 1.165) is 37.4 Å². The second-order valence-corrected chi connectivity index (χ2v) is 8.72. The second-order valence-electron chi connectivity index (χ2n) is 8.72. The fourth-order valence-electron chi connectivity index (χ4n) is 3.55. The topological polar surface area (TPSA) is 34.2 Å². The molecule has 26 heavy (non-hydrogen) atoms. The normalized spacial score (nSPS) is 26.3. The quantitative estimate of drug-likeness (QED) is 0.769. The van der Waals surface area contributed by atoms with E-state index in [1.54, 1.807) is 7.11 Å². The standard InChI is InChI=1S/C20H33BN2O3/c1-15-13-23(11-10-22(15)6)14-16-12-17(24-7)8-9-18(16)21-25-19(2,3)20(4,5)26-21/h8-9,12,15H,10-11,13-14H2,1-7H3. The third-order valence-electron chi connectivity index (χ3n) is 6.30. The molecular formula is C20H33BN2O3. The highest BCUT2D eigenvalue weighted by Crippen LogP contribution is 2.37. The van der Waals surface area contributed by atoms with E-state index in [2.05, 4.69) is 63.6 Å². The van der Waals surface area contributed by atoms with Crippen molar-refractivity contribution >= 4 is 12.6 Å². The third kappa shape index (κ3) is 3.79. The van der Waals surface area contributed by atoms with E-state index in [1.807, 2.05) is 6.07 Å². The summed E-state index contributed by atoms with van der Waals surface area (Å²) in [6.45, 7) is 14.8. The average molecular weight is 360 g/mol. The highest BCUT2D eigenvalue weighted by molar-refractivity contribution is 6.62. The molecule has 0 saturated carbocycles. The number of benzene rings is 1. The van der Waals surface area contributed by atoms with Crippen LogP contribution in [0, 0.1) is 0 Å². The summed E-state index contributed by atoms with van der Waals surface area (Å²) in [5, 5.41) is 0. The van der Waals surface area contributed by atoms with Crippen molar-refractivity contribution in [3.63, 3.8) is 0 Å². The van der Waals surface area contributed by atoms with Gasteiger partial charge in [0.2, 0.25) is 0 Å². The monoisotopic (exact) mass is 360 g/mol. The summed E-state index contributed by atoms with van der Waals surface area (Å²) in [4.78, 5) is 4.92. The molecule has 0 aromatic heterocycles. The molecule has 2 aliphatic heterocycles. The van der Waals surface area contributed by atoms with E-state index < -0.39 is 0 Å². The van der Waals surface area contributed by atoms with Crippen molar-refractivity contribution < 1.29 is 14.0 Å². The maximum atomic E-state index is 6.30. The van der Waals surface area contributed by atoms with Crippen LogP contribution in [0.3, 0.4) is 0 Å². The lowest BCUT2D eigenvalue weighted by Crippen LogP contribution is -2.50. The Hall–Kier alpha value is -1.08. The Morgan fingerprint density at radius 3 is 2.38 bits per heavy atom. The summed E-state index contributed by atoms with van der Waals surface area (Å²) in [5.41, 5.74) is 1.66. The molecule has 0 amide bonds. The van der Waals surface area contributed by atoms with Crippen LogP contribution >= 0.6 is 0 Å². The Bertz CT molecular complexity index is 634. The van der Waals surface area contributed by atoms with E-state index in [1.165, 1.54) is 5.56 Å². The zero-order valence-electron chi connectivity index (χ0n) is 17.3. The van der Waals surface area contributed by atoms with Crippen LogP contribution in [-0.2, 0) is 15.9 Å². The summed E-state index contributed by atoms with van der Waals surface area (Å²) in [6.07, 6.45) is 0. The molecule has 0 N–H and O–H groups in total. The van der Waals surface area contributed by atoms with Crippen LogP contribution in [0.2, 0.25) is 0 Å². The Balaban J connectivity index is 1.85. The molecule has 1 aromatic carbocycles. The van der Waals surface area contributed by atoms with Crippen LogP contribution in [0.25, 0.3) is 0 Å². The molecular weight excluding hydrogens is 327 g/mol. The Kier molecular flexibility index (Phi) is 5.41. The van der Waals surface area contributed by atoms with Gasteiger partial charge in [0, 0.05) is 32.2 Å². The number of piperazine rings is 1. The number of rotatable bonds is 4. The van der Waals surface area contributed by atoms with Gasteiger partial charge in [0.25, 0.3) is 0 Å². The number of likely N-dealkylation sites (N-methyl/N-ethyl adjacent to an activating group) is 1. The van der Waals surface area contributed by atoms with Crippen LogP contribution in [0.4, 0.5) is 0 Å². The smallest absolute Gasteiger partial charge is 0.495 e. The van der Waals surface area contributed by atoms with E-state index in [9.17, 15) is 0 Å². The minimum atomic E-state index is -0.342. The van der Waals surface area contributed by atoms with Gasteiger partial charge in [-0.15, -0.1) is 0 Å². The zero-order valence-corrected chi connectivity index (χ0v) is 17.3. The van der Waals surface area contributed by atoms with E-state index in [0.29, 0.717) is 6.04 Å². The fourth-order valence-corrected chi connectivity index (χ4v) is 3.55. The van der Waals surface area contributed by atoms with Gasteiger partial charge >= 0.3 is 7.12 Å². The molecule has 2 aliphatic rings. The first-order valence-electron chi connectivity index (χ1n) is 9.58. The third-order valence-corrected chi connectivity index (χ3v) is 6.30. The highest BCUT2D eigenvalue weighted by Gasteiger charge is 2.52. The second kappa shape index (κ2) is 7.15. The van der Waals surface area contributed by atoms with Crippen LogP contribution in [0.5, 0.6) is 5.75 Å². The molecule has 0 aliphatic carbocycles. The molecule has 2 saturated heterocycles. The summed E-state index contributed by atoms with van der Waals surface area (Å²) in [7, 11) is 3.57. The first kappa shape index (κ1) is 19.7. The molecule has 1 aromatic rings. The molecule has 1 atom stereocenters. The average Bonchev–Trinajstić information content (AvgIpc) is 2.78. The molecule has 2 fully saturated rings. The lowest BCUT2D eigenvalue weighted by Gasteiger charge is -2.38. The zero-order chi connectivity index (χ0) is 19.1. The molecule has 0 bridgehead atoms. The van der Waals surface area contributed by atoms with E-state index in [4.69, 9.17) is 14.0 Å². The minimum Gasteiger partial charge on any atom is -0.497 e.